The van der Waals surface area contributed by atoms with E-state index in [0.29, 0.717) is 22.6 Å². The number of nitrogens with two attached hydrogens (primary N) is 1. The van der Waals surface area contributed by atoms with Gasteiger partial charge in [0, 0.05) is 17.7 Å². The lowest BCUT2D eigenvalue weighted by Gasteiger charge is -2.22. The highest BCUT2D eigenvalue weighted by molar-refractivity contribution is 5.71. The number of hydrogen-bond acceptors (Lipinski definition) is 7. The van der Waals surface area contributed by atoms with E-state index in [-0.39, 0.29) is 23.0 Å². The Morgan fingerprint density at radius 3 is 2.88 bits per heavy atom. The molecular weight excluding hydrogens is 338 g/mol. The molecule has 1 aromatic carbocycles. The molecule has 4 rings (SSSR count). The summed E-state index contributed by atoms with van der Waals surface area (Å²) < 4.78 is 10.9. The zero-order valence-electron chi connectivity index (χ0n) is 13.2. The largest absolute Gasteiger partial charge is 0.468 e. The number of H-pyrrole nitrogens is 1. The standard InChI is InChI=1S/C17H11N5O4/c18-8-11-13(12-5-2-6-25-12)14-15(20-21-17(14)26-16(11)19)9-3-1-4-10(7-9)22(23)24/h1-7,13H,19H2,(H,20,21). The van der Waals surface area contributed by atoms with Crippen molar-refractivity contribution in [3.8, 4) is 23.2 Å². The SMILES string of the molecule is N#CC1=C(N)Oc2n[nH]c(-c3cccc([N+](=O)[O-])c3)c2C1c1ccco1. The molecule has 3 heterocycles. The fraction of sp³-hybridized carbons (Fsp3) is 0.0588. The van der Waals surface area contributed by atoms with E-state index in [1.54, 1.807) is 24.3 Å². The van der Waals surface area contributed by atoms with Crippen LogP contribution in [0.1, 0.15) is 17.2 Å². The molecule has 1 aliphatic heterocycles. The fourth-order valence-electron chi connectivity index (χ4n) is 2.98. The summed E-state index contributed by atoms with van der Waals surface area (Å²) in [7, 11) is 0. The summed E-state index contributed by atoms with van der Waals surface area (Å²) in [6.45, 7) is 0. The van der Waals surface area contributed by atoms with E-state index < -0.39 is 10.8 Å². The Morgan fingerprint density at radius 1 is 1.35 bits per heavy atom. The predicted octanol–water partition coefficient (Wildman–Crippen LogP) is 2.80. The lowest BCUT2D eigenvalue weighted by molar-refractivity contribution is -0.384. The predicted molar refractivity (Wildman–Crippen MR) is 88.7 cm³/mol. The number of nitrogens with zero attached hydrogens (tertiary/aromatic N) is 3. The van der Waals surface area contributed by atoms with Crippen molar-refractivity contribution in [2.24, 2.45) is 5.73 Å². The molecule has 1 unspecified atom stereocenters. The van der Waals surface area contributed by atoms with Gasteiger partial charge in [0.2, 0.25) is 11.8 Å². The van der Waals surface area contributed by atoms with Crippen molar-refractivity contribution in [2.45, 2.75) is 5.92 Å². The van der Waals surface area contributed by atoms with Gasteiger partial charge in [0.15, 0.2) is 0 Å². The fourth-order valence-corrected chi connectivity index (χ4v) is 2.98. The number of nitro groups is 1. The first-order valence-corrected chi connectivity index (χ1v) is 7.54. The minimum Gasteiger partial charge on any atom is -0.468 e. The lowest BCUT2D eigenvalue weighted by atomic mass is 9.86. The number of furan rings is 1. The van der Waals surface area contributed by atoms with Crippen LogP contribution in [0, 0.1) is 21.4 Å². The zero-order valence-corrected chi connectivity index (χ0v) is 13.2. The molecule has 9 heteroatoms. The highest BCUT2D eigenvalue weighted by Crippen LogP contribution is 2.45. The van der Waals surface area contributed by atoms with Crippen LogP contribution in [0.4, 0.5) is 5.69 Å². The molecule has 0 bridgehead atoms. The number of rotatable bonds is 3. The van der Waals surface area contributed by atoms with Crippen LogP contribution in [0.15, 0.2) is 58.5 Å². The molecule has 128 valence electrons. The van der Waals surface area contributed by atoms with Gasteiger partial charge in [0.1, 0.15) is 17.4 Å². The van der Waals surface area contributed by atoms with E-state index in [2.05, 4.69) is 16.3 Å². The molecule has 1 aliphatic rings. The van der Waals surface area contributed by atoms with Crippen molar-refractivity contribution in [1.29, 1.82) is 5.26 Å². The molecule has 3 aromatic rings. The maximum atomic E-state index is 11.1. The third kappa shape index (κ3) is 2.29. The molecule has 0 saturated carbocycles. The summed E-state index contributed by atoms with van der Waals surface area (Å²) in [5, 5.41) is 27.5. The number of nitriles is 1. The van der Waals surface area contributed by atoms with Gasteiger partial charge in [-0.05, 0) is 12.1 Å². The van der Waals surface area contributed by atoms with Crippen molar-refractivity contribution in [3.63, 3.8) is 0 Å². The van der Waals surface area contributed by atoms with Crippen molar-refractivity contribution in [1.82, 2.24) is 10.2 Å². The highest BCUT2D eigenvalue weighted by atomic mass is 16.6. The smallest absolute Gasteiger partial charge is 0.270 e. The molecule has 0 fully saturated rings. The summed E-state index contributed by atoms with van der Waals surface area (Å²) in [6, 6.07) is 11.5. The van der Waals surface area contributed by atoms with E-state index >= 15 is 0 Å². The minimum atomic E-state index is -0.633. The van der Waals surface area contributed by atoms with Gasteiger partial charge in [-0.15, -0.1) is 5.10 Å². The van der Waals surface area contributed by atoms with Crippen LogP contribution in [-0.2, 0) is 0 Å². The Bertz CT molecular complexity index is 1080. The molecule has 0 radical (unpaired) electrons. The number of non-ortho nitro benzene ring substituents is 1. The van der Waals surface area contributed by atoms with E-state index in [1.807, 2.05) is 0 Å². The maximum Gasteiger partial charge on any atom is 0.270 e. The number of nitrogens with one attached hydrogen (secondary N) is 1. The molecule has 0 amide bonds. The van der Waals surface area contributed by atoms with Crippen LogP contribution >= 0.6 is 0 Å². The second kappa shape index (κ2) is 5.78. The van der Waals surface area contributed by atoms with Gasteiger partial charge in [-0.25, -0.2) is 0 Å². The van der Waals surface area contributed by atoms with Crippen molar-refractivity contribution < 1.29 is 14.1 Å². The molecule has 0 spiro atoms. The number of aromatic amines is 1. The number of fused-ring (bicyclic) bond motifs is 1. The van der Waals surface area contributed by atoms with Crippen molar-refractivity contribution in [2.75, 3.05) is 0 Å². The van der Waals surface area contributed by atoms with Gasteiger partial charge in [-0.2, -0.15) is 5.26 Å². The van der Waals surface area contributed by atoms with Gasteiger partial charge >= 0.3 is 0 Å². The number of aromatic nitrogens is 2. The van der Waals surface area contributed by atoms with Crippen LogP contribution in [0.3, 0.4) is 0 Å². The number of allylic oxidation sites excluding steroid dienone is 1. The lowest BCUT2D eigenvalue weighted by Crippen LogP contribution is -2.20. The van der Waals surface area contributed by atoms with Crippen LogP contribution in [0.5, 0.6) is 5.88 Å². The second-order valence-electron chi connectivity index (χ2n) is 5.57. The Labute approximate surface area is 146 Å². The summed E-state index contributed by atoms with van der Waals surface area (Å²) in [4.78, 5) is 10.6. The van der Waals surface area contributed by atoms with E-state index in [1.165, 1.54) is 18.4 Å². The van der Waals surface area contributed by atoms with E-state index in [0.717, 1.165) is 0 Å². The first-order valence-electron chi connectivity index (χ1n) is 7.54. The maximum absolute atomic E-state index is 11.1. The van der Waals surface area contributed by atoms with Crippen LogP contribution in [0.2, 0.25) is 0 Å². The van der Waals surface area contributed by atoms with Crippen molar-refractivity contribution >= 4 is 5.69 Å². The van der Waals surface area contributed by atoms with Gasteiger partial charge in [-0.1, -0.05) is 12.1 Å². The third-order valence-corrected chi connectivity index (χ3v) is 4.11. The molecule has 9 nitrogen and oxygen atoms in total. The molecule has 2 aromatic heterocycles. The highest BCUT2D eigenvalue weighted by Gasteiger charge is 2.37. The van der Waals surface area contributed by atoms with Gasteiger partial charge in [0.05, 0.1) is 28.4 Å². The van der Waals surface area contributed by atoms with E-state index in [9.17, 15) is 15.4 Å². The summed E-state index contributed by atoms with van der Waals surface area (Å²) in [6.07, 6.45) is 1.49. The van der Waals surface area contributed by atoms with Crippen molar-refractivity contribution in [3.05, 3.63) is 75.6 Å². The third-order valence-electron chi connectivity index (χ3n) is 4.11. The average molecular weight is 349 g/mol. The first kappa shape index (κ1) is 15.5. The quantitative estimate of drug-likeness (QED) is 0.546. The molecule has 1 atom stereocenters. The Morgan fingerprint density at radius 2 is 2.19 bits per heavy atom. The molecule has 3 N–H and O–H groups in total. The van der Waals surface area contributed by atoms with Crippen LogP contribution in [0.25, 0.3) is 11.3 Å². The topological polar surface area (TPSA) is 144 Å². The normalized spacial score (nSPS) is 15.9. The Kier molecular flexibility index (Phi) is 3.44. The average Bonchev–Trinajstić information content (AvgIpc) is 3.30. The Hall–Kier alpha value is -4.06. The van der Waals surface area contributed by atoms with Gasteiger partial charge in [-0.3, -0.25) is 15.2 Å². The summed E-state index contributed by atoms with van der Waals surface area (Å²) >= 11 is 0. The second-order valence-corrected chi connectivity index (χ2v) is 5.57. The molecule has 26 heavy (non-hydrogen) atoms. The van der Waals surface area contributed by atoms with Crippen LogP contribution < -0.4 is 10.5 Å². The number of benzene rings is 1. The minimum absolute atomic E-state index is 0.0570. The van der Waals surface area contributed by atoms with E-state index in [4.69, 9.17) is 14.9 Å². The molecular formula is C17H11N5O4. The summed E-state index contributed by atoms with van der Waals surface area (Å²) in [5.41, 5.74) is 7.54. The monoisotopic (exact) mass is 349 g/mol. The number of hydrogen-bond donors (Lipinski definition) is 2. The van der Waals surface area contributed by atoms with Gasteiger partial charge < -0.3 is 14.9 Å². The first-order chi connectivity index (χ1) is 12.6. The molecule has 0 saturated heterocycles. The zero-order chi connectivity index (χ0) is 18.3. The van der Waals surface area contributed by atoms with Gasteiger partial charge in [0.25, 0.3) is 5.69 Å². The Balaban J connectivity index is 1.93. The van der Waals surface area contributed by atoms with Crippen LogP contribution in [-0.4, -0.2) is 15.1 Å². The summed E-state index contributed by atoms with van der Waals surface area (Å²) in [5.74, 6) is -0.00297. The number of ether oxygens (including phenoxy) is 1. The number of nitro benzene ring substituents is 1. The molecule has 0 aliphatic carbocycles.